The molecular weight excluding hydrogens is 316 g/mol. The number of aromatic nitrogens is 1. The second-order valence-corrected chi connectivity index (χ2v) is 5.46. The Kier molecular flexibility index (Phi) is 5.26. The normalized spacial score (nSPS) is 10.9. The van der Waals surface area contributed by atoms with Crippen molar-refractivity contribution in [1.29, 1.82) is 0 Å². The summed E-state index contributed by atoms with van der Waals surface area (Å²) in [6.45, 7) is 0.571. The van der Waals surface area contributed by atoms with Crippen molar-refractivity contribution in [2.45, 2.75) is 6.61 Å². The molecule has 3 rings (SSSR count). The number of nitrogens with one attached hydrogen (secondary N) is 2. The van der Waals surface area contributed by atoms with Crippen LogP contribution < -0.4 is 10.7 Å². The highest BCUT2D eigenvalue weighted by atomic mass is 16.5. The third-order valence-electron chi connectivity index (χ3n) is 3.70. The molecule has 126 valence electrons. The zero-order chi connectivity index (χ0) is 17.5. The lowest BCUT2D eigenvalue weighted by Gasteiger charge is -2.05. The van der Waals surface area contributed by atoms with Gasteiger partial charge in [-0.05, 0) is 17.2 Å². The van der Waals surface area contributed by atoms with Gasteiger partial charge in [0.05, 0.1) is 5.52 Å². The first kappa shape index (κ1) is 16.5. The number of amides is 1. The Labute approximate surface area is 145 Å². The molecule has 1 heterocycles. The summed E-state index contributed by atoms with van der Waals surface area (Å²) in [6, 6.07) is 16.5. The Morgan fingerprint density at radius 1 is 1.08 bits per heavy atom. The summed E-state index contributed by atoms with van der Waals surface area (Å²) in [4.78, 5) is 26.6. The van der Waals surface area contributed by atoms with Gasteiger partial charge in [0.15, 0.2) is 5.43 Å². The Bertz CT molecular complexity index is 946. The minimum Gasteiger partial charge on any atom is -0.445 e. The van der Waals surface area contributed by atoms with Gasteiger partial charge in [-0.3, -0.25) is 4.79 Å². The summed E-state index contributed by atoms with van der Waals surface area (Å²) in [5.74, 6) is 0. The largest absolute Gasteiger partial charge is 0.445 e. The van der Waals surface area contributed by atoms with E-state index < -0.39 is 6.09 Å². The highest BCUT2D eigenvalue weighted by molar-refractivity contribution is 5.86. The highest BCUT2D eigenvalue weighted by Gasteiger charge is 2.02. The molecule has 25 heavy (non-hydrogen) atoms. The summed E-state index contributed by atoms with van der Waals surface area (Å²) < 4.78 is 5.13. The lowest BCUT2D eigenvalue weighted by atomic mass is 10.1. The van der Waals surface area contributed by atoms with E-state index in [0.717, 1.165) is 16.6 Å². The standard InChI is InChI=1S/C20H18N2O3/c23-18-11-13-21-19-16(8-4-10-17(18)19)9-5-12-22-20(24)25-14-15-6-2-1-3-7-15/h1-11,13H,12,14H2,(H,21,23)(H,22,24). The molecule has 0 saturated carbocycles. The predicted molar refractivity (Wildman–Crippen MR) is 98.2 cm³/mol. The maximum absolute atomic E-state index is 11.8. The van der Waals surface area contributed by atoms with E-state index in [1.54, 1.807) is 12.3 Å². The van der Waals surface area contributed by atoms with Crippen molar-refractivity contribution in [2.24, 2.45) is 0 Å². The van der Waals surface area contributed by atoms with E-state index in [0.29, 0.717) is 11.9 Å². The number of hydrogen-bond donors (Lipinski definition) is 2. The number of carbonyl (C=O) groups is 1. The van der Waals surface area contributed by atoms with Crippen LogP contribution in [0.5, 0.6) is 0 Å². The second kappa shape index (κ2) is 7.97. The molecule has 0 unspecified atom stereocenters. The lowest BCUT2D eigenvalue weighted by molar-refractivity contribution is 0.141. The summed E-state index contributed by atoms with van der Waals surface area (Å²) in [6.07, 6.45) is 4.82. The number of fused-ring (bicyclic) bond motifs is 1. The Morgan fingerprint density at radius 3 is 2.76 bits per heavy atom. The molecule has 2 N–H and O–H groups in total. The van der Waals surface area contributed by atoms with Crippen molar-refractivity contribution in [1.82, 2.24) is 10.3 Å². The fourth-order valence-electron chi connectivity index (χ4n) is 2.47. The third kappa shape index (κ3) is 4.35. The predicted octanol–water partition coefficient (Wildman–Crippen LogP) is 3.47. The molecule has 0 fully saturated rings. The second-order valence-electron chi connectivity index (χ2n) is 5.46. The van der Waals surface area contributed by atoms with E-state index in [2.05, 4.69) is 10.3 Å². The molecule has 5 heteroatoms. The summed E-state index contributed by atoms with van der Waals surface area (Å²) in [5.41, 5.74) is 2.58. The molecule has 3 aromatic rings. The number of para-hydroxylation sites is 1. The van der Waals surface area contributed by atoms with Crippen molar-refractivity contribution in [3.63, 3.8) is 0 Å². The van der Waals surface area contributed by atoms with Crippen molar-refractivity contribution < 1.29 is 9.53 Å². The number of ether oxygens (including phenoxy) is 1. The number of hydrogen-bond acceptors (Lipinski definition) is 3. The third-order valence-corrected chi connectivity index (χ3v) is 3.70. The molecule has 1 aromatic heterocycles. The first-order chi connectivity index (χ1) is 12.2. The SMILES string of the molecule is O=C(NCC=Cc1cccc2c(=O)cc[nH]c12)OCc1ccccc1. The minimum atomic E-state index is -0.472. The molecule has 1 amide bonds. The molecule has 0 saturated heterocycles. The Hall–Kier alpha value is -3.34. The summed E-state index contributed by atoms with van der Waals surface area (Å²) in [7, 11) is 0. The monoisotopic (exact) mass is 334 g/mol. The minimum absolute atomic E-state index is 0.0217. The van der Waals surface area contributed by atoms with Gasteiger partial charge in [-0.2, -0.15) is 0 Å². The van der Waals surface area contributed by atoms with E-state index in [4.69, 9.17) is 4.74 Å². The number of benzene rings is 2. The Balaban J connectivity index is 1.54. The first-order valence-corrected chi connectivity index (χ1v) is 7.95. The molecule has 0 bridgehead atoms. The van der Waals surface area contributed by atoms with E-state index in [1.165, 1.54) is 6.07 Å². The van der Waals surface area contributed by atoms with Crippen molar-refractivity contribution >= 4 is 23.1 Å². The average Bonchev–Trinajstić information content (AvgIpc) is 2.65. The van der Waals surface area contributed by atoms with Gasteiger partial charge in [-0.1, -0.05) is 54.6 Å². The molecule has 0 radical (unpaired) electrons. The quantitative estimate of drug-likeness (QED) is 0.750. The number of alkyl carbamates (subject to hydrolysis) is 1. The van der Waals surface area contributed by atoms with Crippen LogP contribution in [0.4, 0.5) is 4.79 Å². The smallest absolute Gasteiger partial charge is 0.407 e. The summed E-state index contributed by atoms with van der Waals surface area (Å²) in [5, 5.41) is 3.30. The van der Waals surface area contributed by atoms with Gasteiger partial charge in [0.2, 0.25) is 0 Å². The van der Waals surface area contributed by atoms with E-state index in [9.17, 15) is 9.59 Å². The number of rotatable bonds is 5. The number of carbonyl (C=O) groups excluding carboxylic acids is 1. The van der Waals surface area contributed by atoms with Crippen molar-refractivity contribution in [3.05, 3.63) is 88.2 Å². The Morgan fingerprint density at radius 2 is 1.92 bits per heavy atom. The molecule has 0 aliphatic carbocycles. The van der Waals surface area contributed by atoms with Crippen LogP contribution in [-0.4, -0.2) is 17.6 Å². The number of H-pyrrole nitrogens is 1. The van der Waals surface area contributed by atoms with Crippen LogP contribution >= 0.6 is 0 Å². The molecule has 0 atom stereocenters. The van der Waals surface area contributed by atoms with Crippen molar-refractivity contribution in [3.8, 4) is 0 Å². The number of aromatic amines is 1. The molecule has 0 aliphatic heterocycles. The van der Waals surface area contributed by atoms with E-state index >= 15 is 0 Å². The van der Waals surface area contributed by atoms with Crippen LogP contribution in [0, 0.1) is 0 Å². The molecule has 0 aliphatic rings. The fraction of sp³-hybridized carbons (Fsp3) is 0.100. The topological polar surface area (TPSA) is 71.2 Å². The van der Waals surface area contributed by atoms with Crippen LogP contribution in [0.1, 0.15) is 11.1 Å². The van der Waals surface area contributed by atoms with Gasteiger partial charge in [0.25, 0.3) is 0 Å². The van der Waals surface area contributed by atoms with Crippen LogP contribution in [0.3, 0.4) is 0 Å². The fourth-order valence-corrected chi connectivity index (χ4v) is 2.47. The maximum Gasteiger partial charge on any atom is 0.407 e. The zero-order valence-electron chi connectivity index (χ0n) is 13.6. The van der Waals surface area contributed by atoms with Crippen molar-refractivity contribution in [2.75, 3.05) is 6.54 Å². The molecule has 2 aromatic carbocycles. The lowest BCUT2D eigenvalue weighted by Crippen LogP contribution is -2.24. The highest BCUT2D eigenvalue weighted by Crippen LogP contribution is 2.14. The number of pyridine rings is 1. The van der Waals surface area contributed by atoms with Crippen LogP contribution in [-0.2, 0) is 11.3 Å². The average molecular weight is 334 g/mol. The molecule has 0 spiro atoms. The molecule has 5 nitrogen and oxygen atoms in total. The van der Waals surface area contributed by atoms with E-state index in [1.807, 2.05) is 54.6 Å². The maximum atomic E-state index is 11.8. The first-order valence-electron chi connectivity index (χ1n) is 7.95. The zero-order valence-corrected chi connectivity index (χ0v) is 13.6. The van der Waals surface area contributed by atoms with Gasteiger partial charge >= 0.3 is 6.09 Å². The molecular formula is C20H18N2O3. The van der Waals surface area contributed by atoms with Crippen LogP contribution in [0.15, 0.2) is 71.7 Å². The van der Waals surface area contributed by atoms with Gasteiger partial charge in [-0.25, -0.2) is 4.79 Å². The van der Waals surface area contributed by atoms with E-state index in [-0.39, 0.29) is 12.0 Å². The summed E-state index contributed by atoms with van der Waals surface area (Å²) >= 11 is 0. The van der Waals surface area contributed by atoms with Gasteiger partial charge in [0.1, 0.15) is 6.61 Å². The van der Waals surface area contributed by atoms with Gasteiger partial charge < -0.3 is 15.0 Å². The van der Waals surface area contributed by atoms with Gasteiger partial charge in [0, 0.05) is 24.2 Å². The van der Waals surface area contributed by atoms with Gasteiger partial charge in [-0.15, -0.1) is 0 Å². The van der Waals surface area contributed by atoms with Crippen LogP contribution in [0.2, 0.25) is 0 Å². The van der Waals surface area contributed by atoms with Crippen LogP contribution in [0.25, 0.3) is 17.0 Å².